The number of aromatic nitrogens is 3. The standard InChI is InChI=1S/C21H22FN5O3/c1-26(21(29)17-12-30-13-23-17)15-8-6-14(7-9-15)20(28)24-19-10-11-27(25-19)18-5-3-2-4-16(18)22/h2-5,10-15H,6-9H2,1H3,(H,24,25,28)/t14-,15+. The molecule has 1 aromatic carbocycles. The highest BCUT2D eigenvalue weighted by Gasteiger charge is 2.31. The average molecular weight is 411 g/mol. The Morgan fingerprint density at radius 2 is 1.97 bits per heavy atom. The number of carbonyl (C=O) groups excluding carboxylic acids is 2. The van der Waals surface area contributed by atoms with Crippen molar-refractivity contribution < 1.29 is 18.4 Å². The number of nitrogens with zero attached hydrogens (tertiary/aromatic N) is 4. The molecule has 0 saturated heterocycles. The van der Waals surface area contributed by atoms with Gasteiger partial charge in [0, 0.05) is 31.3 Å². The summed E-state index contributed by atoms with van der Waals surface area (Å²) >= 11 is 0. The fraction of sp³-hybridized carbons (Fsp3) is 0.333. The molecule has 2 aromatic heterocycles. The summed E-state index contributed by atoms with van der Waals surface area (Å²) in [7, 11) is 1.75. The molecule has 0 aliphatic heterocycles. The zero-order chi connectivity index (χ0) is 21.1. The van der Waals surface area contributed by atoms with Gasteiger partial charge in [-0.3, -0.25) is 9.59 Å². The third-order valence-electron chi connectivity index (χ3n) is 5.53. The first kappa shape index (κ1) is 19.8. The van der Waals surface area contributed by atoms with Crippen LogP contribution >= 0.6 is 0 Å². The lowest BCUT2D eigenvalue weighted by molar-refractivity contribution is -0.121. The normalized spacial score (nSPS) is 18.7. The minimum atomic E-state index is -0.388. The van der Waals surface area contributed by atoms with E-state index in [4.69, 9.17) is 4.42 Å². The maximum Gasteiger partial charge on any atom is 0.275 e. The van der Waals surface area contributed by atoms with Crippen LogP contribution in [-0.2, 0) is 4.79 Å². The molecule has 0 spiro atoms. The molecule has 0 bridgehead atoms. The lowest BCUT2D eigenvalue weighted by Gasteiger charge is -2.33. The molecule has 1 aliphatic rings. The molecule has 3 aromatic rings. The van der Waals surface area contributed by atoms with E-state index in [-0.39, 0.29) is 35.3 Å². The summed E-state index contributed by atoms with van der Waals surface area (Å²) in [6.07, 6.45) is 6.95. The highest BCUT2D eigenvalue weighted by atomic mass is 19.1. The molecule has 0 unspecified atom stereocenters. The van der Waals surface area contributed by atoms with Crippen LogP contribution in [0, 0.1) is 11.7 Å². The Balaban J connectivity index is 1.32. The smallest absolute Gasteiger partial charge is 0.275 e. The zero-order valence-corrected chi connectivity index (χ0v) is 16.5. The van der Waals surface area contributed by atoms with Gasteiger partial charge in [0.05, 0.1) is 0 Å². The number of para-hydroxylation sites is 1. The van der Waals surface area contributed by atoms with E-state index in [2.05, 4.69) is 15.4 Å². The van der Waals surface area contributed by atoms with Gasteiger partial charge in [0.1, 0.15) is 17.8 Å². The van der Waals surface area contributed by atoms with E-state index < -0.39 is 0 Å². The minimum Gasteiger partial charge on any atom is -0.451 e. The number of halogens is 1. The molecule has 1 aliphatic carbocycles. The van der Waals surface area contributed by atoms with Crippen LogP contribution < -0.4 is 5.32 Å². The molecule has 30 heavy (non-hydrogen) atoms. The van der Waals surface area contributed by atoms with Gasteiger partial charge >= 0.3 is 0 Å². The molecule has 9 heteroatoms. The first-order valence-electron chi connectivity index (χ1n) is 9.79. The lowest BCUT2D eigenvalue weighted by atomic mass is 9.85. The topological polar surface area (TPSA) is 93.3 Å². The molecular formula is C21H22FN5O3. The van der Waals surface area contributed by atoms with Crippen LogP contribution in [0.5, 0.6) is 0 Å². The van der Waals surface area contributed by atoms with Crippen molar-refractivity contribution in [3.05, 3.63) is 60.7 Å². The van der Waals surface area contributed by atoms with Crippen LogP contribution in [0.25, 0.3) is 5.69 Å². The van der Waals surface area contributed by atoms with Gasteiger partial charge in [0.25, 0.3) is 5.91 Å². The van der Waals surface area contributed by atoms with Crippen LogP contribution in [-0.4, -0.2) is 44.6 Å². The van der Waals surface area contributed by atoms with Crippen molar-refractivity contribution in [2.45, 2.75) is 31.7 Å². The Kier molecular flexibility index (Phi) is 5.60. The van der Waals surface area contributed by atoms with Crippen molar-refractivity contribution in [3.63, 3.8) is 0 Å². The van der Waals surface area contributed by atoms with Gasteiger partial charge in [0.2, 0.25) is 5.91 Å². The van der Waals surface area contributed by atoms with Gasteiger partial charge in [-0.05, 0) is 37.8 Å². The predicted molar refractivity (Wildman–Crippen MR) is 106 cm³/mol. The Morgan fingerprint density at radius 3 is 2.67 bits per heavy atom. The van der Waals surface area contributed by atoms with Crippen LogP contribution in [0.1, 0.15) is 36.2 Å². The van der Waals surface area contributed by atoms with E-state index in [1.165, 1.54) is 23.4 Å². The highest BCUT2D eigenvalue weighted by molar-refractivity contribution is 5.92. The molecule has 156 valence electrons. The maximum atomic E-state index is 13.9. The quantitative estimate of drug-likeness (QED) is 0.696. The van der Waals surface area contributed by atoms with E-state index >= 15 is 0 Å². The van der Waals surface area contributed by atoms with Crippen molar-refractivity contribution in [1.29, 1.82) is 0 Å². The Bertz CT molecular complexity index is 1020. The van der Waals surface area contributed by atoms with E-state index in [1.54, 1.807) is 42.4 Å². The number of rotatable bonds is 5. The fourth-order valence-corrected chi connectivity index (χ4v) is 3.78. The molecule has 2 amide bonds. The average Bonchev–Trinajstić information content (AvgIpc) is 3.45. The minimum absolute atomic E-state index is 0.0542. The van der Waals surface area contributed by atoms with Crippen LogP contribution in [0.2, 0.25) is 0 Å². The molecule has 8 nitrogen and oxygen atoms in total. The molecular weight excluding hydrogens is 389 g/mol. The third kappa shape index (κ3) is 4.10. The van der Waals surface area contributed by atoms with Crippen LogP contribution in [0.3, 0.4) is 0 Å². The zero-order valence-electron chi connectivity index (χ0n) is 16.5. The van der Waals surface area contributed by atoms with E-state index in [1.807, 2.05) is 0 Å². The van der Waals surface area contributed by atoms with E-state index in [0.717, 1.165) is 12.8 Å². The number of amides is 2. The Labute approximate surface area is 172 Å². The molecule has 4 rings (SSSR count). The lowest BCUT2D eigenvalue weighted by Crippen LogP contribution is -2.41. The first-order valence-corrected chi connectivity index (χ1v) is 9.79. The number of oxazole rings is 1. The van der Waals surface area contributed by atoms with Gasteiger partial charge in [-0.2, -0.15) is 0 Å². The molecule has 1 saturated carbocycles. The molecule has 1 fully saturated rings. The largest absolute Gasteiger partial charge is 0.451 e. The second-order valence-electron chi connectivity index (χ2n) is 7.38. The second-order valence-corrected chi connectivity index (χ2v) is 7.38. The number of carbonyl (C=O) groups is 2. The van der Waals surface area contributed by atoms with Gasteiger partial charge in [-0.1, -0.05) is 12.1 Å². The summed E-state index contributed by atoms with van der Waals surface area (Å²) < 4.78 is 20.2. The summed E-state index contributed by atoms with van der Waals surface area (Å²) in [6, 6.07) is 8.00. The van der Waals surface area contributed by atoms with Crippen molar-refractivity contribution in [3.8, 4) is 5.69 Å². The fourth-order valence-electron chi connectivity index (χ4n) is 3.78. The number of anilines is 1. The highest BCUT2D eigenvalue weighted by Crippen LogP contribution is 2.28. The van der Waals surface area contributed by atoms with Crippen molar-refractivity contribution in [2.75, 3.05) is 12.4 Å². The summed E-state index contributed by atoms with van der Waals surface area (Å²) in [5.41, 5.74) is 0.598. The van der Waals surface area contributed by atoms with Gasteiger partial charge in [-0.25, -0.2) is 14.1 Å². The van der Waals surface area contributed by atoms with Crippen molar-refractivity contribution in [1.82, 2.24) is 19.7 Å². The van der Waals surface area contributed by atoms with Crippen molar-refractivity contribution >= 4 is 17.6 Å². The van der Waals surface area contributed by atoms with Crippen molar-refractivity contribution in [2.24, 2.45) is 5.92 Å². The Morgan fingerprint density at radius 1 is 1.20 bits per heavy atom. The summed E-state index contributed by atoms with van der Waals surface area (Å²) in [4.78, 5) is 30.6. The number of hydrogen-bond acceptors (Lipinski definition) is 5. The molecule has 0 radical (unpaired) electrons. The molecule has 2 heterocycles. The Hall–Kier alpha value is -3.49. The number of nitrogens with one attached hydrogen (secondary N) is 1. The first-order chi connectivity index (χ1) is 14.5. The summed E-state index contributed by atoms with van der Waals surface area (Å²) in [5, 5.41) is 7.06. The van der Waals surface area contributed by atoms with Gasteiger partial charge in [-0.15, -0.1) is 5.10 Å². The van der Waals surface area contributed by atoms with Gasteiger partial charge < -0.3 is 14.6 Å². The summed E-state index contributed by atoms with van der Waals surface area (Å²) in [5.74, 6) is -0.465. The second kappa shape index (κ2) is 8.48. The maximum absolute atomic E-state index is 13.9. The van der Waals surface area contributed by atoms with E-state index in [0.29, 0.717) is 24.3 Å². The van der Waals surface area contributed by atoms with E-state index in [9.17, 15) is 14.0 Å². The summed E-state index contributed by atoms with van der Waals surface area (Å²) in [6.45, 7) is 0. The SMILES string of the molecule is CN(C(=O)c1cocn1)[C@H]1CC[C@@H](C(=O)Nc2ccn(-c3ccccc3F)n2)CC1. The van der Waals surface area contributed by atoms with Crippen LogP contribution in [0.15, 0.2) is 53.6 Å². The molecule has 1 N–H and O–H groups in total. The number of hydrogen-bond donors (Lipinski definition) is 1. The number of benzene rings is 1. The molecule has 0 atom stereocenters. The van der Waals surface area contributed by atoms with Gasteiger partial charge in [0.15, 0.2) is 17.9 Å². The predicted octanol–water partition coefficient (Wildman–Crippen LogP) is 3.27. The third-order valence-corrected chi connectivity index (χ3v) is 5.53. The monoisotopic (exact) mass is 411 g/mol. The van der Waals surface area contributed by atoms with Crippen LogP contribution in [0.4, 0.5) is 10.2 Å².